The van der Waals surface area contributed by atoms with Crippen molar-refractivity contribution in [2.75, 3.05) is 5.73 Å². The van der Waals surface area contributed by atoms with Gasteiger partial charge in [0.15, 0.2) is 5.65 Å². The molecule has 4 rings (SSSR count). The molecule has 2 aromatic heterocycles. The van der Waals surface area contributed by atoms with Gasteiger partial charge in [-0.15, -0.1) is 13.2 Å². The molecular formula is C19H14F3N5O. The molecule has 0 aliphatic heterocycles. The first-order chi connectivity index (χ1) is 13.3. The van der Waals surface area contributed by atoms with Crippen molar-refractivity contribution in [3.63, 3.8) is 0 Å². The van der Waals surface area contributed by atoms with Gasteiger partial charge in [-0.3, -0.25) is 0 Å². The summed E-state index contributed by atoms with van der Waals surface area (Å²) in [5.41, 5.74) is 9.61. The number of nitrogens with zero attached hydrogens (tertiary/aromatic N) is 4. The van der Waals surface area contributed by atoms with E-state index in [1.165, 1.54) is 18.5 Å². The van der Waals surface area contributed by atoms with Gasteiger partial charge in [0.2, 0.25) is 0 Å². The lowest BCUT2D eigenvalue weighted by molar-refractivity contribution is -0.274. The molecule has 2 aromatic carbocycles. The molecule has 9 heteroatoms. The van der Waals surface area contributed by atoms with Gasteiger partial charge in [-0.2, -0.15) is 5.10 Å². The summed E-state index contributed by atoms with van der Waals surface area (Å²) in [6.07, 6.45) is -3.32. The van der Waals surface area contributed by atoms with E-state index in [1.54, 1.807) is 16.8 Å². The van der Waals surface area contributed by atoms with E-state index in [-0.39, 0.29) is 5.75 Å². The molecule has 142 valence electrons. The smallest absolute Gasteiger partial charge is 0.406 e. The van der Waals surface area contributed by atoms with E-state index < -0.39 is 6.36 Å². The molecule has 0 fully saturated rings. The first kappa shape index (κ1) is 17.8. The highest BCUT2D eigenvalue weighted by atomic mass is 19.4. The quantitative estimate of drug-likeness (QED) is 0.570. The molecule has 0 bridgehead atoms. The lowest BCUT2D eigenvalue weighted by Gasteiger charge is -2.10. The first-order valence-electron chi connectivity index (χ1n) is 8.24. The predicted octanol–water partition coefficient (Wildman–Crippen LogP) is 4.27. The fraction of sp³-hybridized carbons (Fsp3) is 0.105. The van der Waals surface area contributed by atoms with Crippen molar-refractivity contribution in [3.8, 4) is 22.6 Å². The maximum atomic E-state index is 12.3. The topological polar surface area (TPSA) is 78.8 Å². The van der Waals surface area contributed by atoms with Gasteiger partial charge in [-0.1, -0.05) is 24.3 Å². The summed E-state index contributed by atoms with van der Waals surface area (Å²) in [7, 11) is 0. The Morgan fingerprint density at radius 2 is 1.54 bits per heavy atom. The van der Waals surface area contributed by atoms with E-state index in [0.29, 0.717) is 16.9 Å². The molecule has 4 aromatic rings. The van der Waals surface area contributed by atoms with Crippen LogP contribution in [0.15, 0.2) is 54.9 Å². The van der Waals surface area contributed by atoms with E-state index in [4.69, 9.17) is 5.73 Å². The van der Waals surface area contributed by atoms with Crippen LogP contribution in [0.4, 0.5) is 19.0 Å². The fourth-order valence-corrected chi connectivity index (χ4v) is 2.97. The Bertz CT molecular complexity index is 1140. The molecule has 2 N–H and O–H groups in total. The standard InChI is InChI=1S/C19H14F3N5O/c1-11-16-17(23)24-10-25-18(16)27(26-11)14-6-2-12(3-7-14)13-4-8-15(9-5-13)28-19(20,21)22/h2-10H,1H3,(H2,23,24,25). The molecule has 6 nitrogen and oxygen atoms in total. The summed E-state index contributed by atoms with van der Waals surface area (Å²) in [6.45, 7) is 1.83. The third kappa shape index (κ3) is 3.34. The number of halogens is 3. The molecule has 0 unspecified atom stereocenters. The van der Waals surface area contributed by atoms with Crippen LogP contribution in [-0.2, 0) is 0 Å². The number of hydrogen-bond acceptors (Lipinski definition) is 5. The summed E-state index contributed by atoms with van der Waals surface area (Å²) in [6, 6.07) is 13.1. The average Bonchev–Trinajstić information content (AvgIpc) is 2.99. The van der Waals surface area contributed by atoms with Gasteiger partial charge in [-0.05, 0) is 42.3 Å². The second kappa shape index (κ2) is 6.52. The molecule has 28 heavy (non-hydrogen) atoms. The molecule has 0 aliphatic rings. The number of nitrogens with two attached hydrogens (primary N) is 1. The number of rotatable bonds is 3. The number of aryl methyl sites for hydroxylation is 1. The van der Waals surface area contributed by atoms with Crippen LogP contribution in [0.3, 0.4) is 0 Å². The maximum Gasteiger partial charge on any atom is 0.573 e. The Morgan fingerprint density at radius 1 is 0.929 bits per heavy atom. The monoisotopic (exact) mass is 385 g/mol. The second-order valence-corrected chi connectivity index (χ2v) is 6.07. The van der Waals surface area contributed by atoms with Crippen molar-refractivity contribution < 1.29 is 17.9 Å². The number of anilines is 1. The molecular weight excluding hydrogens is 371 g/mol. The molecule has 0 saturated heterocycles. The normalized spacial score (nSPS) is 11.7. The Balaban J connectivity index is 1.64. The van der Waals surface area contributed by atoms with Crippen molar-refractivity contribution in [3.05, 3.63) is 60.6 Å². The summed E-state index contributed by atoms with van der Waals surface area (Å²) in [5.74, 6) is 0.107. The fourth-order valence-electron chi connectivity index (χ4n) is 2.97. The lowest BCUT2D eigenvalue weighted by Crippen LogP contribution is -2.16. The summed E-state index contributed by atoms with van der Waals surface area (Å²) in [5, 5.41) is 5.18. The van der Waals surface area contributed by atoms with Crippen molar-refractivity contribution in [1.29, 1.82) is 0 Å². The SMILES string of the molecule is Cc1nn(-c2ccc(-c3ccc(OC(F)(F)F)cc3)cc2)c2ncnc(N)c12. The van der Waals surface area contributed by atoms with E-state index in [9.17, 15) is 13.2 Å². The van der Waals surface area contributed by atoms with Crippen molar-refractivity contribution in [2.24, 2.45) is 0 Å². The highest BCUT2D eigenvalue weighted by Gasteiger charge is 2.30. The van der Waals surface area contributed by atoms with E-state index in [0.717, 1.165) is 22.5 Å². The van der Waals surface area contributed by atoms with Gasteiger partial charge >= 0.3 is 6.36 Å². The molecule has 0 amide bonds. The average molecular weight is 385 g/mol. The van der Waals surface area contributed by atoms with Gasteiger partial charge in [0.05, 0.1) is 16.8 Å². The number of benzene rings is 2. The third-order valence-electron chi connectivity index (χ3n) is 4.20. The van der Waals surface area contributed by atoms with Crippen molar-refractivity contribution in [1.82, 2.24) is 19.7 Å². The predicted molar refractivity (Wildman–Crippen MR) is 97.9 cm³/mol. The van der Waals surface area contributed by atoms with Crippen LogP contribution in [0.1, 0.15) is 5.69 Å². The van der Waals surface area contributed by atoms with Gasteiger partial charge < -0.3 is 10.5 Å². The van der Waals surface area contributed by atoms with Crippen LogP contribution in [-0.4, -0.2) is 26.1 Å². The number of ether oxygens (including phenoxy) is 1. The summed E-state index contributed by atoms with van der Waals surface area (Å²) in [4.78, 5) is 8.25. The number of fused-ring (bicyclic) bond motifs is 1. The van der Waals surface area contributed by atoms with Crippen molar-refractivity contribution >= 4 is 16.9 Å². The minimum absolute atomic E-state index is 0.261. The van der Waals surface area contributed by atoms with Gasteiger partial charge in [0.1, 0.15) is 17.9 Å². The maximum absolute atomic E-state index is 12.3. The van der Waals surface area contributed by atoms with Crippen LogP contribution in [0.5, 0.6) is 5.75 Å². The van der Waals surface area contributed by atoms with Crippen LogP contribution in [0.25, 0.3) is 27.8 Å². The van der Waals surface area contributed by atoms with E-state index in [1.807, 2.05) is 31.2 Å². The van der Waals surface area contributed by atoms with Crippen LogP contribution >= 0.6 is 0 Å². The number of alkyl halides is 3. The van der Waals surface area contributed by atoms with Crippen LogP contribution in [0, 0.1) is 6.92 Å². The van der Waals surface area contributed by atoms with Gasteiger partial charge in [0.25, 0.3) is 0 Å². The Hall–Kier alpha value is -3.62. The summed E-state index contributed by atoms with van der Waals surface area (Å²) < 4.78 is 42.3. The molecule has 0 saturated carbocycles. The van der Waals surface area contributed by atoms with E-state index in [2.05, 4.69) is 19.8 Å². The first-order valence-corrected chi connectivity index (χ1v) is 8.24. The third-order valence-corrected chi connectivity index (χ3v) is 4.20. The summed E-state index contributed by atoms with van der Waals surface area (Å²) >= 11 is 0. The molecule has 0 radical (unpaired) electrons. The zero-order valence-electron chi connectivity index (χ0n) is 14.6. The second-order valence-electron chi connectivity index (χ2n) is 6.07. The van der Waals surface area contributed by atoms with E-state index >= 15 is 0 Å². The largest absolute Gasteiger partial charge is 0.573 e. The van der Waals surface area contributed by atoms with Gasteiger partial charge in [-0.25, -0.2) is 14.6 Å². The zero-order chi connectivity index (χ0) is 19.9. The molecule has 0 aliphatic carbocycles. The lowest BCUT2D eigenvalue weighted by atomic mass is 10.1. The Labute approximate surface area is 157 Å². The van der Waals surface area contributed by atoms with Gasteiger partial charge in [0, 0.05) is 0 Å². The highest BCUT2D eigenvalue weighted by Crippen LogP contribution is 2.28. The van der Waals surface area contributed by atoms with Crippen LogP contribution < -0.4 is 10.5 Å². The Morgan fingerprint density at radius 3 is 2.14 bits per heavy atom. The molecule has 0 atom stereocenters. The zero-order valence-corrected chi connectivity index (χ0v) is 14.6. The van der Waals surface area contributed by atoms with Crippen molar-refractivity contribution in [2.45, 2.75) is 13.3 Å². The minimum Gasteiger partial charge on any atom is -0.406 e. The Kier molecular flexibility index (Phi) is 4.14. The number of hydrogen-bond donors (Lipinski definition) is 1. The highest BCUT2D eigenvalue weighted by molar-refractivity contribution is 5.88. The van der Waals surface area contributed by atoms with Crippen LogP contribution in [0.2, 0.25) is 0 Å². The minimum atomic E-state index is -4.71. The molecule has 2 heterocycles. The number of nitrogen functional groups attached to an aromatic ring is 1. The molecule has 0 spiro atoms. The number of aromatic nitrogens is 4.